The first-order valence-electron chi connectivity index (χ1n) is 6.70. The summed E-state index contributed by atoms with van der Waals surface area (Å²) in [6.45, 7) is 3.10. The van der Waals surface area contributed by atoms with Crippen LogP contribution in [0.15, 0.2) is 23.0 Å². The molecule has 6 heteroatoms. The van der Waals surface area contributed by atoms with Crippen LogP contribution in [-0.2, 0) is 13.6 Å². The summed E-state index contributed by atoms with van der Waals surface area (Å²) < 4.78 is 2.79. The molecule has 1 saturated heterocycles. The van der Waals surface area contributed by atoms with Gasteiger partial charge >= 0.3 is 4.87 Å². The molecule has 20 heavy (non-hydrogen) atoms. The van der Waals surface area contributed by atoms with Gasteiger partial charge in [-0.3, -0.25) is 9.69 Å². The average molecular weight is 314 g/mol. The summed E-state index contributed by atoms with van der Waals surface area (Å²) in [6, 6.07) is 6.70. The maximum atomic E-state index is 11.6. The minimum absolute atomic E-state index is 0. The molecule has 1 aromatic heterocycles. The van der Waals surface area contributed by atoms with Crippen molar-refractivity contribution in [3.8, 4) is 0 Å². The van der Waals surface area contributed by atoms with Crippen LogP contribution in [0.5, 0.6) is 0 Å². The molecule has 1 fully saturated rings. The zero-order valence-electron chi connectivity index (χ0n) is 11.5. The predicted octanol–water partition coefficient (Wildman–Crippen LogP) is 1.94. The second-order valence-corrected chi connectivity index (χ2v) is 6.34. The fraction of sp³-hybridized carbons (Fsp3) is 0.500. The number of benzene rings is 1. The van der Waals surface area contributed by atoms with E-state index in [1.54, 1.807) is 4.57 Å². The maximum Gasteiger partial charge on any atom is 0.307 e. The third-order valence-electron chi connectivity index (χ3n) is 3.90. The summed E-state index contributed by atoms with van der Waals surface area (Å²) in [7, 11) is 1.83. The van der Waals surface area contributed by atoms with Crippen LogP contribution < -0.4 is 10.6 Å². The summed E-state index contributed by atoms with van der Waals surface area (Å²) in [5, 5.41) is 0. The summed E-state index contributed by atoms with van der Waals surface area (Å²) in [6.07, 6.45) is 2.17. The van der Waals surface area contributed by atoms with Crippen molar-refractivity contribution in [2.24, 2.45) is 12.8 Å². The topological polar surface area (TPSA) is 51.3 Å². The molecule has 0 radical (unpaired) electrons. The molecule has 1 aromatic carbocycles. The number of fused-ring (bicyclic) bond motifs is 1. The van der Waals surface area contributed by atoms with Gasteiger partial charge in [-0.25, -0.2) is 0 Å². The summed E-state index contributed by atoms with van der Waals surface area (Å²) in [5.41, 5.74) is 8.23. The van der Waals surface area contributed by atoms with Gasteiger partial charge in [-0.1, -0.05) is 17.4 Å². The highest BCUT2D eigenvalue weighted by Gasteiger charge is 2.16. The lowest BCUT2D eigenvalue weighted by atomic mass is 10.1. The van der Waals surface area contributed by atoms with E-state index in [2.05, 4.69) is 23.1 Å². The van der Waals surface area contributed by atoms with Crippen molar-refractivity contribution in [2.75, 3.05) is 13.1 Å². The van der Waals surface area contributed by atoms with E-state index in [0.717, 1.165) is 42.7 Å². The number of aryl methyl sites for hydroxylation is 1. The quantitative estimate of drug-likeness (QED) is 0.922. The average Bonchev–Trinajstić information content (AvgIpc) is 2.68. The molecular formula is C14H20ClN3OS. The lowest BCUT2D eigenvalue weighted by molar-refractivity contribution is 0.206. The highest BCUT2D eigenvalue weighted by atomic mass is 35.5. The minimum Gasteiger partial charge on any atom is -0.328 e. The smallest absolute Gasteiger partial charge is 0.307 e. The van der Waals surface area contributed by atoms with Crippen molar-refractivity contribution >= 4 is 34.0 Å². The Kier molecular flexibility index (Phi) is 4.86. The molecule has 0 saturated carbocycles. The number of aromatic nitrogens is 1. The van der Waals surface area contributed by atoms with Gasteiger partial charge in [0.05, 0.1) is 10.2 Å². The molecule has 3 rings (SSSR count). The first-order valence-corrected chi connectivity index (χ1v) is 7.51. The van der Waals surface area contributed by atoms with Gasteiger partial charge in [-0.2, -0.15) is 0 Å². The molecule has 0 spiro atoms. The number of rotatable bonds is 2. The van der Waals surface area contributed by atoms with Crippen molar-refractivity contribution in [1.82, 2.24) is 9.47 Å². The number of hydrogen-bond donors (Lipinski definition) is 1. The Morgan fingerprint density at radius 1 is 1.35 bits per heavy atom. The maximum absolute atomic E-state index is 11.6. The second-order valence-electron chi connectivity index (χ2n) is 5.34. The van der Waals surface area contributed by atoms with Gasteiger partial charge in [-0.15, -0.1) is 12.4 Å². The second kappa shape index (κ2) is 6.26. The number of nitrogens with two attached hydrogens (primary N) is 1. The van der Waals surface area contributed by atoms with E-state index in [1.165, 1.54) is 16.9 Å². The van der Waals surface area contributed by atoms with Gasteiger partial charge < -0.3 is 10.3 Å². The number of hydrogen-bond acceptors (Lipinski definition) is 4. The van der Waals surface area contributed by atoms with Crippen molar-refractivity contribution in [3.63, 3.8) is 0 Å². The lowest BCUT2D eigenvalue weighted by Gasteiger charge is -2.30. The summed E-state index contributed by atoms with van der Waals surface area (Å²) in [4.78, 5) is 14.2. The van der Waals surface area contributed by atoms with Crippen LogP contribution in [0, 0.1) is 0 Å². The molecule has 1 aliphatic heterocycles. The van der Waals surface area contributed by atoms with Gasteiger partial charge in [0.1, 0.15) is 0 Å². The summed E-state index contributed by atoms with van der Waals surface area (Å²) in [5.74, 6) is 0. The Labute approximate surface area is 128 Å². The molecule has 0 aliphatic carbocycles. The zero-order valence-corrected chi connectivity index (χ0v) is 13.2. The monoisotopic (exact) mass is 313 g/mol. The van der Waals surface area contributed by atoms with Gasteiger partial charge in [0.25, 0.3) is 0 Å². The van der Waals surface area contributed by atoms with Gasteiger partial charge in [0.15, 0.2) is 0 Å². The number of thiazole rings is 1. The zero-order chi connectivity index (χ0) is 13.4. The molecule has 0 unspecified atom stereocenters. The largest absolute Gasteiger partial charge is 0.328 e. The van der Waals surface area contributed by atoms with Crippen LogP contribution >= 0.6 is 23.7 Å². The number of piperidine rings is 1. The van der Waals surface area contributed by atoms with Crippen LogP contribution in [0.3, 0.4) is 0 Å². The third-order valence-corrected chi connectivity index (χ3v) is 4.89. The Morgan fingerprint density at radius 3 is 2.75 bits per heavy atom. The number of halogens is 1. The molecule has 0 atom stereocenters. The van der Waals surface area contributed by atoms with Crippen LogP contribution in [0.1, 0.15) is 18.4 Å². The molecule has 0 bridgehead atoms. The van der Waals surface area contributed by atoms with Crippen LogP contribution in [-0.4, -0.2) is 28.6 Å². The Morgan fingerprint density at radius 2 is 2.05 bits per heavy atom. The van der Waals surface area contributed by atoms with Crippen molar-refractivity contribution < 1.29 is 0 Å². The lowest BCUT2D eigenvalue weighted by Crippen LogP contribution is -2.39. The molecule has 0 amide bonds. The van der Waals surface area contributed by atoms with Gasteiger partial charge in [-0.05, 0) is 43.6 Å². The van der Waals surface area contributed by atoms with E-state index in [-0.39, 0.29) is 17.3 Å². The van der Waals surface area contributed by atoms with Crippen LogP contribution in [0.25, 0.3) is 10.2 Å². The number of nitrogens with zero attached hydrogens (tertiary/aromatic N) is 2. The fourth-order valence-electron chi connectivity index (χ4n) is 2.65. The normalized spacial score (nSPS) is 17.3. The molecule has 2 heterocycles. The number of likely N-dealkylation sites (tertiary alicyclic amines) is 1. The first-order chi connectivity index (χ1) is 9.13. The van der Waals surface area contributed by atoms with Gasteiger partial charge in [0.2, 0.25) is 0 Å². The Balaban J connectivity index is 0.00000147. The standard InChI is InChI=1S/C14H19N3OS.ClH/c1-16-12-3-2-10(8-13(12)19-14(16)18)9-17-6-4-11(15)5-7-17;/h2-3,8,11H,4-7,9,15H2,1H3;1H. The predicted molar refractivity (Wildman–Crippen MR) is 86.8 cm³/mol. The molecule has 1 aliphatic rings. The first kappa shape index (κ1) is 15.5. The molecule has 2 N–H and O–H groups in total. The summed E-state index contributed by atoms with van der Waals surface area (Å²) >= 11 is 1.32. The van der Waals surface area contributed by atoms with Crippen LogP contribution in [0.4, 0.5) is 0 Å². The Hall–Kier alpha value is -0.880. The molecule has 4 nitrogen and oxygen atoms in total. The van der Waals surface area contributed by atoms with Crippen molar-refractivity contribution in [1.29, 1.82) is 0 Å². The third kappa shape index (κ3) is 3.06. The van der Waals surface area contributed by atoms with E-state index >= 15 is 0 Å². The van der Waals surface area contributed by atoms with E-state index in [0.29, 0.717) is 6.04 Å². The minimum atomic E-state index is 0. The van der Waals surface area contributed by atoms with Crippen LogP contribution in [0.2, 0.25) is 0 Å². The molecule has 110 valence electrons. The van der Waals surface area contributed by atoms with E-state index in [4.69, 9.17) is 5.73 Å². The van der Waals surface area contributed by atoms with E-state index in [9.17, 15) is 4.79 Å². The molecule has 2 aromatic rings. The van der Waals surface area contributed by atoms with E-state index in [1.807, 2.05) is 7.05 Å². The highest BCUT2D eigenvalue weighted by molar-refractivity contribution is 7.16. The van der Waals surface area contributed by atoms with Crippen molar-refractivity contribution in [3.05, 3.63) is 33.4 Å². The molecular weight excluding hydrogens is 294 g/mol. The van der Waals surface area contributed by atoms with E-state index < -0.39 is 0 Å². The van der Waals surface area contributed by atoms with Gasteiger partial charge in [0, 0.05) is 19.6 Å². The Bertz CT molecular complexity index is 643. The van der Waals surface area contributed by atoms with Crippen molar-refractivity contribution in [2.45, 2.75) is 25.4 Å². The highest BCUT2D eigenvalue weighted by Crippen LogP contribution is 2.20. The fourth-order valence-corrected chi connectivity index (χ4v) is 3.59. The SMILES string of the molecule is Cl.Cn1c(=O)sc2cc(CN3CCC(N)CC3)ccc21.